The van der Waals surface area contributed by atoms with Crippen molar-refractivity contribution in [2.24, 2.45) is 0 Å². The van der Waals surface area contributed by atoms with Crippen molar-refractivity contribution in [1.82, 2.24) is 9.78 Å². The third-order valence-corrected chi connectivity index (χ3v) is 5.05. The Kier molecular flexibility index (Phi) is 6.77. The maximum absolute atomic E-state index is 13.1. The van der Waals surface area contributed by atoms with Gasteiger partial charge in [0, 0.05) is 15.8 Å². The molecule has 0 spiro atoms. The predicted molar refractivity (Wildman–Crippen MR) is 111 cm³/mol. The van der Waals surface area contributed by atoms with E-state index in [1.807, 2.05) is 19.1 Å². The first-order valence-corrected chi connectivity index (χ1v) is 10.7. The molecule has 1 atom stereocenters. The molecule has 1 heterocycles. The van der Waals surface area contributed by atoms with Crippen molar-refractivity contribution >= 4 is 27.0 Å². The van der Waals surface area contributed by atoms with Crippen LogP contribution in [0.4, 0.5) is 0 Å². The number of aromatic nitrogens is 2. The monoisotopic (exact) mass is 461 g/mol. The SMILES string of the molecule is CCCOc1c(-c2ccc(CS(=O)[O-])cc2)cnn(-c2cccc(Br)c2)c1=O. The van der Waals surface area contributed by atoms with Crippen molar-refractivity contribution in [2.75, 3.05) is 6.61 Å². The van der Waals surface area contributed by atoms with Crippen LogP contribution in [0.5, 0.6) is 5.75 Å². The fourth-order valence-corrected chi connectivity index (χ4v) is 3.55. The van der Waals surface area contributed by atoms with Crippen molar-refractivity contribution in [2.45, 2.75) is 19.1 Å². The summed E-state index contributed by atoms with van der Waals surface area (Å²) in [6.45, 7) is 2.36. The minimum Gasteiger partial charge on any atom is -0.772 e. The zero-order valence-corrected chi connectivity index (χ0v) is 17.5. The Bertz CT molecular complexity index is 1050. The van der Waals surface area contributed by atoms with Gasteiger partial charge in [0.05, 0.1) is 18.5 Å². The second-order valence-electron chi connectivity index (χ2n) is 6.08. The van der Waals surface area contributed by atoms with Crippen molar-refractivity contribution in [1.29, 1.82) is 0 Å². The summed E-state index contributed by atoms with van der Waals surface area (Å²) in [5, 5.41) is 4.31. The number of halogens is 1. The maximum atomic E-state index is 13.1. The van der Waals surface area contributed by atoms with Crippen molar-refractivity contribution in [3.8, 4) is 22.6 Å². The number of rotatable bonds is 7. The first-order chi connectivity index (χ1) is 13.5. The molecular formula is C20H18BrN2O4S-. The quantitative estimate of drug-likeness (QED) is 0.499. The highest BCUT2D eigenvalue weighted by Crippen LogP contribution is 2.27. The Morgan fingerprint density at radius 1 is 1.21 bits per heavy atom. The van der Waals surface area contributed by atoms with Crippen LogP contribution in [0.1, 0.15) is 18.9 Å². The molecule has 0 saturated carbocycles. The summed E-state index contributed by atoms with van der Waals surface area (Å²) < 4.78 is 29.6. The van der Waals surface area contributed by atoms with Gasteiger partial charge in [-0.15, -0.1) is 0 Å². The molecular weight excluding hydrogens is 444 g/mol. The third kappa shape index (κ3) is 4.76. The molecule has 0 bridgehead atoms. The first-order valence-electron chi connectivity index (χ1n) is 8.66. The molecule has 0 aliphatic rings. The maximum Gasteiger partial charge on any atom is 0.314 e. The van der Waals surface area contributed by atoms with Crippen molar-refractivity contribution in [3.05, 3.63) is 75.1 Å². The van der Waals surface area contributed by atoms with E-state index in [1.165, 1.54) is 4.68 Å². The molecule has 1 unspecified atom stereocenters. The van der Waals surface area contributed by atoms with Crippen LogP contribution in [0, 0.1) is 0 Å². The Labute approximate surface area is 173 Å². The average Bonchev–Trinajstić information content (AvgIpc) is 2.67. The largest absolute Gasteiger partial charge is 0.772 e. The molecule has 28 heavy (non-hydrogen) atoms. The van der Waals surface area contributed by atoms with Gasteiger partial charge in [0.1, 0.15) is 0 Å². The molecule has 0 radical (unpaired) electrons. The van der Waals surface area contributed by atoms with E-state index < -0.39 is 11.1 Å². The Balaban J connectivity index is 2.07. The van der Waals surface area contributed by atoms with Gasteiger partial charge in [0.25, 0.3) is 0 Å². The molecule has 8 heteroatoms. The summed E-state index contributed by atoms with van der Waals surface area (Å²) in [4.78, 5) is 13.1. The van der Waals surface area contributed by atoms with E-state index in [4.69, 9.17) is 4.74 Å². The smallest absolute Gasteiger partial charge is 0.314 e. The fraction of sp³-hybridized carbons (Fsp3) is 0.200. The topological polar surface area (TPSA) is 84.2 Å². The molecule has 6 nitrogen and oxygen atoms in total. The number of nitrogens with zero attached hydrogens (tertiary/aromatic N) is 2. The van der Waals surface area contributed by atoms with Gasteiger partial charge < -0.3 is 9.29 Å². The number of hydrogen-bond donors (Lipinski definition) is 0. The van der Waals surface area contributed by atoms with Crippen molar-refractivity contribution < 1.29 is 13.5 Å². The minimum atomic E-state index is -2.15. The highest BCUT2D eigenvalue weighted by molar-refractivity contribution is 9.10. The third-order valence-electron chi connectivity index (χ3n) is 3.99. The minimum absolute atomic E-state index is 0.0534. The molecule has 3 aromatic rings. The van der Waals surface area contributed by atoms with Gasteiger partial charge in [-0.25, -0.2) is 0 Å². The van der Waals surface area contributed by atoms with Gasteiger partial charge in [0.15, 0.2) is 5.75 Å². The van der Waals surface area contributed by atoms with Crippen LogP contribution in [-0.4, -0.2) is 25.1 Å². The van der Waals surface area contributed by atoms with Crippen molar-refractivity contribution in [3.63, 3.8) is 0 Å². The van der Waals surface area contributed by atoms with E-state index in [9.17, 15) is 13.6 Å². The van der Waals surface area contributed by atoms with E-state index in [-0.39, 0.29) is 17.1 Å². The Morgan fingerprint density at radius 3 is 2.61 bits per heavy atom. The second-order valence-corrected chi connectivity index (χ2v) is 7.89. The van der Waals surface area contributed by atoms with E-state index >= 15 is 0 Å². The summed E-state index contributed by atoms with van der Waals surface area (Å²) >= 11 is 1.25. The molecule has 0 saturated heterocycles. The van der Waals surface area contributed by atoms with Gasteiger partial charge in [-0.05, 0) is 35.7 Å². The van der Waals surface area contributed by atoms with E-state index in [1.54, 1.807) is 42.6 Å². The fourth-order valence-electron chi connectivity index (χ4n) is 2.70. The van der Waals surface area contributed by atoms with Crippen LogP contribution in [0.2, 0.25) is 0 Å². The lowest BCUT2D eigenvalue weighted by Crippen LogP contribution is -2.24. The predicted octanol–water partition coefficient (Wildman–Crippen LogP) is 3.83. The molecule has 0 aliphatic carbocycles. The Morgan fingerprint density at radius 2 is 1.96 bits per heavy atom. The van der Waals surface area contributed by atoms with Crippen LogP contribution in [0.3, 0.4) is 0 Å². The number of hydrogen-bond acceptors (Lipinski definition) is 5. The van der Waals surface area contributed by atoms with E-state index in [0.717, 1.165) is 16.5 Å². The number of ether oxygens (including phenoxy) is 1. The van der Waals surface area contributed by atoms with Crippen LogP contribution >= 0.6 is 15.9 Å². The second kappa shape index (κ2) is 9.27. The molecule has 0 amide bonds. The zero-order valence-electron chi connectivity index (χ0n) is 15.1. The molecule has 3 rings (SSSR count). The molecule has 0 fully saturated rings. The molecule has 146 valence electrons. The summed E-state index contributed by atoms with van der Waals surface area (Å²) in [7, 11) is 0. The first kappa shape index (κ1) is 20.4. The van der Waals surface area contributed by atoms with Crippen LogP contribution in [0.25, 0.3) is 16.8 Å². The van der Waals surface area contributed by atoms with Crippen LogP contribution in [0.15, 0.2) is 64.0 Å². The standard InChI is InChI=1S/C20H19BrN2O4S/c1-2-10-27-19-18(15-8-6-14(7-9-15)13-28(25)26)12-22-23(20(19)24)17-5-3-4-16(21)11-17/h3-9,11-12H,2,10,13H2,1H3,(H,25,26)/p-1. The summed E-state index contributed by atoms with van der Waals surface area (Å²) in [5.41, 5.74) is 2.25. The summed E-state index contributed by atoms with van der Waals surface area (Å²) in [6, 6.07) is 14.3. The highest BCUT2D eigenvalue weighted by atomic mass is 79.9. The Hall–Kier alpha value is -2.29. The van der Waals surface area contributed by atoms with Crippen LogP contribution in [-0.2, 0) is 16.8 Å². The molecule has 2 aromatic carbocycles. The lowest BCUT2D eigenvalue weighted by atomic mass is 10.1. The van der Waals surface area contributed by atoms with Gasteiger partial charge in [-0.1, -0.05) is 64.3 Å². The summed E-state index contributed by atoms with van der Waals surface area (Å²) in [6.07, 6.45) is 2.35. The van der Waals surface area contributed by atoms with E-state index in [2.05, 4.69) is 21.0 Å². The van der Waals surface area contributed by atoms with Gasteiger partial charge >= 0.3 is 5.56 Å². The molecule has 0 aliphatic heterocycles. The van der Waals surface area contributed by atoms with Crippen LogP contribution < -0.4 is 10.3 Å². The van der Waals surface area contributed by atoms with E-state index in [0.29, 0.717) is 23.4 Å². The number of benzene rings is 2. The average molecular weight is 462 g/mol. The van der Waals surface area contributed by atoms with Gasteiger partial charge in [-0.3, -0.25) is 9.00 Å². The molecule has 1 aromatic heterocycles. The highest BCUT2D eigenvalue weighted by Gasteiger charge is 2.16. The lowest BCUT2D eigenvalue weighted by molar-refractivity contribution is 0.312. The normalized spacial score (nSPS) is 12.0. The van der Waals surface area contributed by atoms with Gasteiger partial charge in [-0.2, -0.15) is 9.78 Å². The molecule has 0 N–H and O–H groups in total. The summed E-state index contributed by atoms with van der Waals surface area (Å²) in [5.74, 6) is 0.166. The zero-order chi connectivity index (χ0) is 20.1. The van der Waals surface area contributed by atoms with Gasteiger partial charge in [0.2, 0.25) is 0 Å². The lowest BCUT2D eigenvalue weighted by Gasteiger charge is -2.14.